The summed E-state index contributed by atoms with van der Waals surface area (Å²) in [6.07, 6.45) is 6.32. The van der Waals surface area contributed by atoms with Gasteiger partial charge in [-0.05, 0) is 30.5 Å². The molecule has 3 heteroatoms. The summed E-state index contributed by atoms with van der Waals surface area (Å²) in [5, 5.41) is 8.30. The Hall–Kier alpha value is -0.830. The van der Waals surface area contributed by atoms with Crippen molar-refractivity contribution in [3.05, 3.63) is 34.3 Å². The van der Waals surface area contributed by atoms with Crippen LogP contribution < -0.4 is 0 Å². The van der Waals surface area contributed by atoms with Gasteiger partial charge in [-0.3, -0.25) is 5.41 Å². The Labute approximate surface area is 118 Å². The number of benzene rings is 1. The number of halogens is 1. The molecule has 0 amide bonds. The number of rotatable bonds is 3. The molecule has 0 aromatic heterocycles. The molecule has 1 aromatic rings. The highest BCUT2D eigenvalue weighted by Gasteiger charge is 2.20. The first-order valence-electron chi connectivity index (χ1n) is 6.71. The Morgan fingerprint density at radius 3 is 2.44 bits per heavy atom. The number of hydrogen-bond acceptors (Lipinski definition) is 1. The molecule has 1 fully saturated rings. The van der Waals surface area contributed by atoms with Crippen LogP contribution in [0.25, 0.3) is 0 Å². The molecule has 1 aliphatic carbocycles. The van der Waals surface area contributed by atoms with Crippen molar-refractivity contribution in [2.24, 2.45) is 5.92 Å². The molecule has 1 aromatic carbocycles. The smallest absolute Gasteiger partial charge is 0.0989 e. The van der Waals surface area contributed by atoms with Crippen molar-refractivity contribution < 1.29 is 0 Å². The second kappa shape index (κ2) is 6.37. The molecule has 0 unspecified atom stereocenters. The van der Waals surface area contributed by atoms with Crippen LogP contribution in [-0.2, 0) is 6.54 Å². The topological polar surface area (TPSA) is 27.1 Å². The molecule has 0 bridgehead atoms. The Morgan fingerprint density at radius 1 is 1.22 bits per heavy atom. The average Bonchev–Trinajstić information content (AvgIpc) is 2.41. The third-order valence-corrected chi connectivity index (χ3v) is 4.26. The third kappa shape index (κ3) is 3.58. The maximum absolute atomic E-state index is 8.30. The summed E-state index contributed by atoms with van der Waals surface area (Å²) in [4.78, 5) is 2.10. The van der Waals surface area contributed by atoms with E-state index in [1.54, 1.807) is 0 Å². The highest BCUT2D eigenvalue weighted by molar-refractivity contribution is 9.10. The molecule has 0 spiro atoms. The Balaban J connectivity index is 1.92. The fourth-order valence-corrected chi connectivity index (χ4v) is 2.90. The van der Waals surface area contributed by atoms with Gasteiger partial charge in [0.1, 0.15) is 0 Å². The Morgan fingerprint density at radius 2 is 1.83 bits per heavy atom. The minimum absolute atomic E-state index is 0.485. The zero-order valence-corrected chi connectivity index (χ0v) is 12.5. The molecule has 1 aliphatic rings. The minimum Gasteiger partial charge on any atom is -0.359 e. The van der Waals surface area contributed by atoms with E-state index in [1.165, 1.54) is 37.7 Å². The first-order valence-corrected chi connectivity index (χ1v) is 7.50. The SMILES string of the molecule is CN(Cc1ccc(Br)cc1)C(=N)C1CCCCC1. The van der Waals surface area contributed by atoms with Crippen LogP contribution in [0.3, 0.4) is 0 Å². The fraction of sp³-hybridized carbons (Fsp3) is 0.533. The highest BCUT2D eigenvalue weighted by Crippen LogP contribution is 2.25. The average molecular weight is 309 g/mol. The number of nitrogens with zero attached hydrogens (tertiary/aromatic N) is 1. The van der Waals surface area contributed by atoms with Gasteiger partial charge in [0.05, 0.1) is 5.84 Å². The maximum atomic E-state index is 8.30. The van der Waals surface area contributed by atoms with E-state index in [0.717, 1.165) is 16.9 Å². The van der Waals surface area contributed by atoms with E-state index in [9.17, 15) is 0 Å². The van der Waals surface area contributed by atoms with E-state index in [0.29, 0.717) is 5.92 Å². The van der Waals surface area contributed by atoms with Gasteiger partial charge in [-0.1, -0.05) is 47.3 Å². The van der Waals surface area contributed by atoms with Crippen LogP contribution in [0.4, 0.5) is 0 Å². The molecule has 0 radical (unpaired) electrons. The zero-order chi connectivity index (χ0) is 13.0. The molecule has 1 saturated carbocycles. The molecular weight excluding hydrogens is 288 g/mol. The minimum atomic E-state index is 0.485. The van der Waals surface area contributed by atoms with Gasteiger partial charge in [0.25, 0.3) is 0 Å². The van der Waals surface area contributed by atoms with Gasteiger partial charge in [-0.2, -0.15) is 0 Å². The van der Waals surface area contributed by atoms with Gasteiger partial charge in [-0.15, -0.1) is 0 Å². The summed E-state index contributed by atoms with van der Waals surface area (Å²) in [5.74, 6) is 1.30. The van der Waals surface area contributed by atoms with Gasteiger partial charge in [0.15, 0.2) is 0 Å². The second-order valence-corrected chi connectivity index (χ2v) is 6.12. The lowest BCUT2D eigenvalue weighted by atomic mass is 9.88. The van der Waals surface area contributed by atoms with Crippen LogP contribution in [0, 0.1) is 11.3 Å². The lowest BCUT2D eigenvalue weighted by Gasteiger charge is -2.29. The summed E-state index contributed by atoms with van der Waals surface area (Å²) < 4.78 is 1.11. The zero-order valence-electron chi connectivity index (χ0n) is 11.0. The van der Waals surface area contributed by atoms with Crippen LogP contribution in [0.15, 0.2) is 28.7 Å². The number of amidine groups is 1. The molecule has 18 heavy (non-hydrogen) atoms. The van der Waals surface area contributed by atoms with Crippen molar-refractivity contribution in [2.75, 3.05) is 7.05 Å². The van der Waals surface area contributed by atoms with Crippen molar-refractivity contribution in [1.29, 1.82) is 5.41 Å². The van der Waals surface area contributed by atoms with Crippen molar-refractivity contribution in [3.8, 4) is 0 Å². The Kier molecular flexibility index (Phi) is 4.81. The molecule has 98 valence electrons. The summed E-state index contributed by atoms with van der Waals surface area (Å²) in [6, 6.07) is 8.37. The van der Waals surface area contributed by atoms with Gasteiger partial charge in [-0.25, -0.2) is 0 Å². The molecule has 0 aliphatic heterocycles. The van der Waals surface area contributed by atoms with Gasteiger partial charge < -0.3 is 4.90 Å². The van der Waals surface area contributed by atoms with Crippen LogP contribution in [0.2, 0.25) is 0 Å². The van der Waals surface area contributed by atoms with Crippen molar-refractivity contribution >= 4 is 21.8 Å². The second-order valence-electron chi connectivity index (χ2n) is 5.20. The molecule has 1 N–H and O–H groups in total. The summed E-state index contributed by atoms with van der Waals surface area (Å²) >= 11 is 3.45. The van der Waals surface area contributed by atoms with Crippen molar-refractivity contribution in [3.63, 3.8) is 0 Å². The lowest BCUT2D eigenvalue weighted by molar-refractivity contribution is 0.382. The largest absolute Gasteiger partial charge is 0.359 e. The normalized spacial score (nSPS) is 16.6. The van der Waals surface area contributed by atoms with Crippen LogP contribution in [0.5, 0.6) is 0 Å². The monoisotopic (exact) mass is 308 g/mol. The molecule has 0 atom stereocenters. The fourth-order valence-electron chi connectivity index (χ4n) is 2.64. The van der Waals surface area contributed by atoms with E-state index >= 15 is 0 Å². The van der Waals surface area contributed by atoms with Crippen molar-refractivity contribution in [1.82, 2.24) is 4.90 Å². The first-order chi connectivity index (χ1) is 8.66. The van der Waals surface area contributed by atoms with E-state index in [4.69, 9.17) is 5.41 Å². The van der Waals surface area contributed by atoms with Crippen LogP contribution in [-0.4, -0.2) is 17.8 Å². The predicted molar refractivity (Wildman–Crippen MR) is 79.9 cm³/mol. The molecule has 0 saturated heterocycles. The van der Waals surface area contributed by atoms with Crippen LogP contribution >= 0.6 is 15.9 Å². The molecular formula is C15H21BrN2. The summed E-state index contributed by atoms with van der Waals surface area (Å²) in [7, 11) is 2.04. The standard InChI is InChI=1S/C15H21BrN2/c1-18(11-12-7-9-14(16)10-8-12)15(17)13-5-3-2-4-6-13/h7-10,13,17H,2-6,11H2,1H3. The quantitative estimate of drug-likeness (QED) is 0.648. The van der Waals surface area contributed by atoms with E-state index in [1.807, 2.05) is 7.05 Å². The first kappa shape index (κ1) is 13.6. The molecule has 2 rings (SSSR count). The summed E-state index contributed by atoms with van der Waals surface area (Å²) in [5.41, 5.74) is 1.27. The van der Waals surface area contributed by atoms with E-state index < -0.39 is 0 Å². The van der Waals surface area contributed by atoms with Crippen LogP contribution in [0.1, 0.15) is 37.7 Å². The number of hydrogen-bond donors (Lipinski definition) is 1. The highest BCUT2D eigenvalue weighted by atomic mass is 79.9. The van der Waals surface area contributed by atoms with Gasteiger partial charge in [0.2, 0.25) is 0 Å². The van der Waals surface area contributed by atoms with Gasteiger partial charge >= 0.3 is 0 Å². The van der Waals surface area contributed by atoms with E-state index in [-0.39, 0.29) is 0 Å². The van der Waals surface area contributed by atoms with E-state index in [2.05, 4.69) is 45.1 Å². The van der Waals surface area contributed by atoms with Gasteiger partial charge in [0, 0.05) is 24.0 Å². The Bertz CT molecular complexity index is 393. The lowest BCUT2D eigenvalue weighted by Crippen LogP contribution is -2.32. The third-order valence-electron chi connectivity index (χ3n) is 3.74. The molecule has 0 heterocycles. The summed E-state index contributed by atoms with van der Waals surface area (Å²) in [6.45, 7) is 0.836. The maximum Gasteiger partial charge on any atom is 0.0989 e. The molecule has 2 nitrogen and oxygen atoms in total. The van der Waals surface area contributed by atoms with Crippen molar-refractivity contribution in [2.45, 2.75) is 38.6 Å². The number of nitrogens with one attached hydrogen (secondary N) is 1. The predicted octanol–water partition coefficient (Wildman–Crippen LogP) is 4.44.